The molecule has 0 fully saturated rings. The van der Waals surface area contributed by atoms with Crippen molar-refractivity contribution in [1.82, 2.24) is 0 Å². The van der Waals surface area contributed by atoms with Gasteiger partial charge >= 0.3 is 0 Å². The largest absolute Gasteiger partial charge is 0.472 e. The molecule has 0 radical (unpaired) electrons. The summed E-state index contributed by atoms with van der Waals surface area (Å²) in [6.45, 7) is 2.36. The predicted molar refractivity (Wildman–Crippen MR) is 100 cm³/mol. The van der Waals surface area contributed by atoms with Crippen LogP contribution in [0.5, 0.6) is 0 Å². The molecule has 5 heterocycles. The van der Waals surface area contributed by atoms with E-state index in [2.05, 4.69) is 72.3 Å². The van der Waals surface area contributed by atoms with E-state index in [4.69, 9.17) is 27.5 Å². The third-order valence-corrected chi connectivity index (χ3v) is 6.76. The van der Waals surface area contributed by atoms with Gasteiger partial charge in [-0.1, -0.05) is 30.3 Å². The first-order valence-electron chi connectivity index (χ1n) is 10.0. The number of aromatic nitrogens is 1. The average molecular weight is 454 g/mol. The first-order chi connectivity index (χ1) is 15.2. The molecule has 7 rings (SSSR count). The van der Waals surface area contributed by atoms with Crippen molar-refractivity contribution in [3.8, 4) is 0 Å². The number of hydrogen-bond donors (Lipinski definition) is 0. The summed E-state index contributed by atoms with van der Waals surface area (Å²) in [5.41, 5.74) is 6.23. The standard InChI is InChI=1S/C24H20NO2.ClHO4/c1-23-16-24(17-9-12-26-14-17,18-10-13-27-15-18)22(19-6-2-3-7-20(19)23)21-8-4-5-11-25(21)23;2-1(3,4)5/h2-15,22H,16H2,1H3;(H,2,3,4,5)/q+1;/p-1. The van der Waals surface area contributed by atoms with Gasteiger partial charge in [0.1, 0.15) is 0 Å². The summed E-state index contributed by atoms with van der Waals surface area (Å²) in [4.78, 5) is 0. The SMILES string of the molecule is CC12CC(c3ccoc3)(c3ccoc3)C(c3ccccc31)c1cccc[n+]12.[O-][Cl+3]([O-])([O-])[O-]. The summed E-state index contributed by atoms with van der Waals surface area (Å²) in [7, 11) is -4.94. The van der Waals surface area contributed by atoms with Crippen molar-refractivity contribution < 1.29 is 42.3 Å². The first kappa shape index (κ1) is 20.9. The lowest BCUT2D eigenvalue weighted by Crippen LogP contribution is -2.69. The fourth-order valence-corrected chi connectivity index (χ4v) is 5.75. The lowest BCUT2D eigenvalue weighted by Gasteiger charge is -2.52. The van der Waals surface area contributed by atoms with Gasteiger partial charge in [-0.3, -0.25) is 0 Å². The summed E-state index contributed by atoms with van der Waals surface area (Å²) < 4.78 is 47.6. The molecule has 8 heteroatoms. The molecule has 0 spiro atoms. The minimum absolute atomic E-state index is 0.142. The number of hydrogen-bond acceptors (Lipinski definition) is 6. The zero-order valence-corrected chi connectivity index (χ0v) is 17.9. The topological polar surface area (TPSA) is 122 Å². The van der Waals surface area contributed by atoms with Gasteiger partial charge in [0.15, 0.2) is 17.4 Å². The molecule has 2 atom stereocenters. The molecule has 0 saturated heterocycles. The van der Waals surface area contributed by atoms with Gasteiger partial charge in [-0.25, -0.2) is 18.6 Å². The van der Waals surface area contributed by atoms with Crippen LogP contribution in [0.25, 0.3) is 0 Å². The van der Waals surface area contributed by atoms with E-state index in [1.54, 1.807) is 12.5 Å². The molecule has 2 aliphatic heterocycles. The Bertz CT molecular complexity index is 1140. The van der Waals surface area contributed by atoms with E-state index in [0.29, 0.717) is 0 Å². The Hall–Kier alpha value is -2.94. The average Bonchev–Trinajstić information content (AvgIpc) is 3.47. The number of fused-ring (bicyclic) bond motifs is 1. The number of rotatable bonds is 2. The Balaban J connectivity index is 0.000000393. The van der Waals surface area contributed by atoms with Crippen molar-refractivity contribution in [3.63, 3.8) is 0 Å². The van der Waals surface area contributed by atoms with Crippen LogP contribution in [-0.2, 0) is 11.0 Å². The maximum atomic E-state index is 8.49. The summed E-state index contributed by atoms with van der Waals surface area (Å²) in [5, 5.41) is 0. The van der Waals surface area contributed by atoms with Crippen molar-refractivity contribution in [2.75, 3.05) is 0 Å². The summed E-state index contributed by atoms with van der Waals surface area (Å²) in [6.07, 6.45) is 10.6. The first-order valence-corrected chi connectivity index (χ1v) is 11.3. The lowest BCUT2D eigenvalue weighted by molar-refractivity contribution is -2.00. The highest BCUT2D eigenvalue weighted by atomic mass is 35.7. The van der Waals surface area contributed by atoms with Gasteiger partial charge in [0.25, 0.3) is 0 Å². The summed E-state index contributed by atoms with van der Waals surface area (Å²) in [5.74, 6) is 0.201. The molecule has 0 N–H and O–H groups in total. The third kappa shape index (κ3) is 3.09. The minimum Gasteiger partial charge on any atom is -0.472 e. The quantitative estimate of drug-likeness (QED) is 0.394. The van der Waals surface area contributed by atoms with Crippen molar-refractivity contribution in [1.29, 1.82) is 0 Å². The highest BCUT2D eigenvalue weighted by molar-refractivity contribution is 5.55. The second-order valence-electron chi connectivity index (χ2n) is 8.34. The van der Waals surface area contributed by atoms with Gasteiger partial charge in [-0.15, -0.1) is 10.2 Å². The van der Waals surface area contributed by atoms with Crippen molar-refractivity contribution in [3.05, 3.63) is 114 Å². The molecular weight excluding hydrogens is 434 g/mol. The Morgan fingerprint density at radius 2 is 1.47 bits per heavy atom. The fourth-order valence-electron chi connectivity index (χ4n) is 5.75. The van der Waals surface area contributed by atoms with E-state index in [1.165, 1.54) is 27.9 Å². The molecular formula is C24H20ClNO6. The predicted octanol–water partition coefficient (Wildman–Crippen LogP) is 0.00290. The molecule has 3 aromatic heterocycles. The zero-order valence-electron chi connectivity index (χ0n) is 17.1. The number of halogens is 1. The van der Waals surface area contributed by atoms with Gasteiger partial charge in [0, 0.05) is 42.2 Å². The molecule has 7 nitrogen and oxygen atoms in total. The molecule has 1 aromatic carbocycles. The molecule has 164 valence electrons. The molecule has 0 amide bonds. The molecule has 3 aliphatic rings. The van der Waals surface area contributed by atoms with Crippen LogP contribution in [0.15, 0.2) is 94.7 Å². The van der Waals surface area contributed by atoms with Crippen molar-refractivity contribution in [2.24, 2.45) is 0 Å². The Kier molecular flexibility index (Phi) is 4.77. The number of pyridine rings is 1. The van der Waals surface area contributed by atoms with E-state index in [1.807, 2.05) is 12.5 Å². The van der Waals surface area contributed by atoms with E-state index < -0.39 is 10.2 Å². The van der Waals surface area contributed by atoms with Gasteiger partial charge in [-0.05, 0) is 17.7 Å². The highest BCUT2D eigenvalue weighted by Gasteiger charge is 2.64. The van der Waals surface area contributed by atoms with Crippen LogP contribution < -0.4 is 23.2 Å². The third-order valence-electron chi connectivity index (χ3n) is 6.76. The van der Waals surface area contributed by atoms with Crippen molar-refractivity contribution in [2.45, 2.75) is 30.2 Å². The molecule has 2 unspecified atom stereocenters. The second-order valence-corrected chi connectivity index (χ2v) is 9.10. The molecule has 1 aliphatic carbocycles. The number of nitrogens with zero attached hydrogens (tertiary/aromatic N) is 1. The van der Waals surface area contributed by atoms with E-state index in [0.717, 1.165) is 6.42 Å². The second kappa shape index (κ2) is 7.30. The van der Waals surface area contributed by atoms with Crippen molar-refractivity contribution >= 4 is 0 Å². The zero-order chi connectivity index (χ0) is 22.6. The van der Waals surface area contributed by atoms with Crippen LogP contribution in [0.3, 0.4) is 0 Å². The van der Waals surface area contributed by atoms with E-state index in [-0.39, 0.29) is 16.9 Å². The monoisotopic (exact) mass is 453 g/mol. The van der Waals surface area contributed by atoms with Crippen LogP contribution in [0.1, 0.15) is 47.2 Å². The van der Waals surface area contributed by atoms with Crippen LogP contribution in [-0.4, -0.2) is 0 Å². The van der Waals surface area contributed by atoms with E-state index in [9.17, 15) is 0 Å². The summed E-state index contributed by atoms with van der Waals surface area (Å²) in [6, 6.07) is 19.7. The van der Waals surface area contributed by atoms with Crippen LogP contribution in [0, 0.1) is 10.2 Å². The number of benzene rings is 1. The normalized spacial score (nSPS) is 22.5. The lowest BCUT2D eigenvalue weighted by atomic mass is 9.50. The fraction of sp³-hybridized carbons (Fsp3) is 0.208. The Morgan fingerprint density at radius 1 is 0.875 bits per heavy atom. The highest BCUT2D eigenvalue weighted by Crippen LogP contribution is 2.61. The minimum atomic E-state index is -4.94. The maximum Gasteiger partial charge on any atom is 0.192 e. The molecule has 4 aromatic rings. The summed E-state index contributed by atoms with van der Waals surface area (Å²) >= 11 is 0. The molecule has 2 bridgehead atoms. The molecule has 0 saturated carbocycles. The van der Waals surface area contributed by atoms with Gasteiger partial charge in [0.05, 0.1) is 36.4 Å². The van der Waals surface area contributed by atoms with Crippen LogP contribution in [0.4, 0.5) is 0 Å². The Labute approximate surface area is 186 Å². The smallest absolute Gasteiger partial charge is 0.192 e. The van der Waals surface area contributed by atoms with Gasteiger partial charge in [-0.2, -0.15) is 4.57 Å². The van der Waals surface area contributed by atoms with Gasteiger partial charge < -0.3 is 8.83 Å². The van der Waals surface area contributed by atoms with Gasteiger partial charge in [0.2, 0.25) is 0 Å². The maximum absolute atomic E-state index is 8.49. The molecule has 32 heavy (non-hydrogen) atoms. The van der Waals surface area contributed by atoms with Crippen LogP contribution >= 0.6 is 0 Å². The van der Waals surface area contributed by atoms with Crippen LogP contribution in [0.2, 0.25) is 0 Å². The Morgan fingerprint density at radius 3 is 2.06 bits per heavy atom. The number of furan rings is 2. The van der Waals surface area contributed by atoms with E-state index >= 15 is 0 Å².